The topological polar surface area (TPSA) is 79.1 Å². The minimum absolute atomic E-state index is 0.270. The Morgan fingerprint density at radius 1 is 0.767 bits per heavy atom. The van der Waals surface area contributed by atoms with Crippen LogP contribution in [0.3, 0.4) is 0 Å². The largest absolute Gasteiger partial charge is 0.393 e. The molecular weight excluding hydrogens is 379 g/mol. The van der Waals surface area contributed by atoms with Crippen LogP contribution >= 0.6 is 0 Å². The predicted molar refractivity (Wildman–Crippen MR) is 119 cm³/mol. The van der Waals surface area contributed by atoms with Crippen molar-refractivity contribution >= 4 is 28.7 Å². The number of nitrogens with one attached hydrogen (secondary N) is 2. The first-order chi connectivity index (χ1) is 14.7. The molecule has 0 aliphatic carbocycles. The fourth-order valence-electron chi connectivity index (χ4n) is 2.95. The van der Waals surface area contributed by atoms with Gasteiger partial charge in [-0.25, -0.2) is 14.4 Å². The molecule has 0 amide bonds. The Labute approximate surface area is 174 Å². The Kier molecular flexibility index (Phi) is 5.70. The molecule has 3 aromatic carbocycles. The van der Waals surface area contributed by atoms with Crippen LogP contribution < -0.4 is 21.5 Å². The molecule has 4 aromatic rings. The lowest BCUT2D eigenvalue weighted by Gasteiger charge is -2.26. The summed E-state index contributed by atoms with van der Waals surface area (Å²) in [6.45, 7) is 0.460. The summed E-state index contributed by atoms with van der Waals surface area (Å²) in [5, 5.41) is 5.09. The number of nitrogens with zero attached hydrogens (tertiary/aromatic N) is 3. The second-order valence-electron chi connectivity index (χ2n) is 6.58. The molecule has 1 aromatic heterocycles. The predicted octanol–water partition coefficient (Wildman–Crippen LogP) is 4.98. The highest BCUT2D eigenvalue weighted by Gasteiger charge is 2.14. The van der Waals surface area contributed by atoms with Gasteiger partial charge in [-0.1, -0.05) is 48.5 Å². The quantitative estimate of drug-likeness (QED) is 0.380. The molecule has 0 aliphatic rings. The third kappa shape index (κ3) is 4.47. The van der Waals surface area contributed by atoms with Gasteiger partial charge in [0.1, 0.15) is 17.8 Å². The number of hydrogen-bond donors (Lipinski definition) is 3. The lowest BCUT2D eigenvalue weighted by molar-refractivity contribution is 0.627. The normalized spacial score (nSPS) is 10.4. The van der Waals surface area contributed by atoms with Crippen LogP contribution in [0, 0.1) is 5.82 Å². The maximum atomic E-state index is 13.1. The van der Waals surface area contributed by atoms with Crippen molar-refractivity contribution in [2.45, 2.75) is 6.54 Å². The minimum Gasteiger partial charge on any atom is -0.393 e. The average molecular weight is 400 g/mol. The van der Waals surface area contributed by atoms with E-state index in [1.54, 1.807) is 12.1 Å². The minimum atomic E-state index is -0.270. The highest BCUT2D eigenvalue weighted by atomic mass is 19.1. The van der Waals surface area contributed by atoms with Gasteiger partial charge in [0.05, 0.1) is 11.4 Å². The molecule has 0 radical (unpaired) electrons. The number of benzene rings is 3. The van der Waals surface area contributed by atoms with Crippen molar-refractivity contribution in [1.29, 1.82) is 0 Å². The number of halogens is 1. The standard InChI is InChI=1S/C23H21FN6/c24-18-13-11-17(12-14-18)15-26-22-21(25)23(28-16-27-22)29-30(19-7-3-1-4-8-19)20-9-5-2-6-10-20/h1-14,16H,15,25H2,(H2,26,27,28,29). The fraction of sp³-hybridized carbons (Fsp3) is 0.0435. The van der Waals surface area contributed by atoms with Crippen molar-refractivity contribution in [3.63, 3.8) is 0 Å². The zero-order valence-corrected chi connectivity index (χ0v) is 16.2. The van der Waals surface area contributed by atoms with Gasteiger partial charge >= 0.3 is 0 Å². The van der Waals surface area contributed by atoms with Crippen molar-refractivity contribution in [1.82, 2.24) is 9.97 Å². The molecule has 4 N–H and O–H groups in total. The van der Waals surface area contributed by atoms with Crippen LogP contribution in [0.1, 0.15) is 5.56 Å². The van der Waals surface area contributed by atoms with Crippen LogP contribution in [0.2, 0.25) is 0 Å². The van der Waals surface area contributed by atoms with Crippen LogP contribution in [0.5, 0.6) is 0 Å². The molecule has 30 heavy (non-hydrogen) atoms. The molecule has 0 spiro atoms. The van der Waals surface area contributed by atoms with E-state index in [1.165, 1.54) is 18.5 Å². The van der Waals surface area contributed by atoms with Crippen LogP contribution in [-0.4, -0.2) is 9.97 Å². The molecule has 150 valence electrons. The third-order valence-electron chi connectivity index (χ3n) is 4.50. The summed E-state index contributed by atoms with van der Waals surface area (Å²) in [5.74, 6) is 0.700. The Hall–Kier alpha value is -4.13. The monoisotopic (exact) mass is 400 g/mol. The maximum Gasteiger partial charge on any atom is 0.173 e. The lowest BCUT2D eigenvalue weighted by atomic mass is 10.2. The van der Waals surface area contributed by atoms with E-state index in [0.29, 0.717) is 23.9 Å². The van der Waals surface area contributed by atoms with Gasteiger partial charge in [0, 0.05) is 6.54 Å². The number of hydrogen-bond acceptors (Lipinski definition) is 6. The Morgan fingerprint density at radius 2 is 1.33 bits per heavy atom. The van der Waals surface area contributed by atoms with Crippen LogP contribution in [-0.2, 0) is 6.54 Å². The summed E-state index contributed by atoms with van der Waals surface area (Å²) < 4.78 is 13.1. The number of nitrogen functional groups attached to an aromatic ring is 1. The number of aromatic nitrogens is 2. The van der Waals surface area contributed by atoms with Gasteiger partial charge in [-0.05, 0) is 42.0 Å². The van der Waals surface area contributed by atoms with Crippen molar-refractivity contribution < 1.29 is 4.39 Å². The van der Waals surface area contributed by atoms with Crippen LogP contribution in [0.4, 0.5) is 33.1 Å². The molecule has 0 fully saturated rings. The van der Waals surface area contributed by atoms with E-state index < -0.39 is 0 Å². The van der Waals surface area contributed by atoms with E-state index in [9.17, 15) is 4.39 Å². The van der Waals surface area contributed by atoms with Gasteiger partial charge in [0.15, 0.2) is 11.6 Å². The number of anilines is 5. The molecule has 0 aliphatic heterocycles. The Bertz CT molecular complexity index is 1050. The van der Waals surface area contributed by atoms with Crippen molar-refractivity contribution in [2.24, 2.45) is 0 Å². The van der Waals surface area contributed by atoms with E-state index in [4.69, 9.17) is 5.73 Å². The second kappa shape index (κ2) is 8.91. The summed E-state index contributed by atoms with van der Waals surface area (Å²) in [6.07, 6.45) is 1.44. The van der Waals surface area contributed by atoms with E-state index in [0.717, 1.165) is 16.9 Å². The maximum absolute atomic E-state index is 13.1. The highest BCUT2D eigenvalue weighted by Crippen LogP contribution is 2.29. The van der Waals surface area contributed by atoms with Gasteiger partial charge in [0.2, 0.25) is 0 Å². The molecule has 7 heteroatoms. The lowest BCUT2D eigenvalue weighted by Crippen LogP contribution is -2.26. The molecule has 0 unspecified atom stereocenters. The number of para-hydroxylation sites is 2. The Balaban J connectivity index is 1.58. The third-order valence-corrected chi connectivity index (χ3v) is 4.50. The van der Waals surface area contributed by atoms with E-state index >= 15 is 0 Å². The zero-order valence-electron chi connectivity index (χ0n) is 16.2. The highest BCUT2D eigenvalue weighted by molar-refractivity contribution is 5.77. The van der Waals surface area contributed by atoms with Crippen molar-refractivity contribution in [3.05, 3.63) is 103 Å². The first-order valence-corrected chi connectivity index (χ1v) is 9.46. The van der Waals surface area contributed by atoms with Gasteiger partial charge in [-0.2, -0.15) is 0 Å². The van der Waals surface area contributed by atoms with Gasteiger partial charge in [0.25, 0.3) is 0 Å². The summed E-state index contributed by atoms with van der Waals surface area (Å²) in [7, 11) is 0. The van der Waals surface area contributed by atoms with Crippen LogP contribution in [0.25, 0.3) is 0 Å². The van der Waals surface area contributed by atoms with Gasteiger partial charge in [-0.15, -0.1) is 0 Å². The first kappa shape index (κ1) is 19.2. The first-order valence-electron chi connectivity index (χ1n) is 9.46. The van der Waals surface area contributed by atoms with Gasteiger partial charge < -0.3 is 11.1 Å². The number of nitrogens with two attached hydrogens (primary N) is 1. The van der Waals surface area contributed by atoms with Gasteiger partial charge in [-0.3, -0.25) is 10.4 Å². The summed E-state index contributed by atoms with van der Waals surface area (Å²) in [6, 6.07) is 26.0. The van der Waals surface area contributed by atoms with Crippen molar-refractivity contribution in [3.8, 4) is 0 Å². The fourth-order valence-corrected chi connectivity index (χ4v) is 2.95. The van der Waals surface area contributed by atoms with E-state index in [-0.39, 0.29) is 5.82 Å². The molecule has 0 atom stereocenters. The molecule has 0 saturated heterocycles. The number of rotatable bonds is 7. The molecule has 0 saturated carbocycles. The molecule has 6 nitrogen and oxygen atoms in total. The summed E-state index contributed by atoms with van der Waals surface area (Å²) in [4.78, 5) is 8.56. The molecule has 0 bridgehead atoms. The smallest absolute Gasteiger partial charge is 0.173 e. The van der Waals surface area contributed by atoms with Crippen LogP contribution in [0.15, 0.2) is 91.3 Å². The summed E-state index contributed by atoms with van der Waals surface area (Å²) in [5.41, 5.74) is 12.8. The summed E-state index contributed by atoms with van der Waals surface area (Å²) >= 11 is 0. The van der Waals surface area contributed by atoms with E-state index in [2.05, 4.69) is 20.7 Å². The molecule has 1 heterocycles. The Morgan fingerprint density at radius 3 is 1.93 bits per heavy atom. The zero-order chi connectivity index (χ0) is 20.8. The number of hydrazine groups is 1. The van der Waals surface area contributed by atoms with Crippen molar-refractivity contribution in [2.75, 3.05) is 21.5 Å². The molecular formula is C23H21FN6. The second-order valence-corrected chi connectivity index (χ2v) is 6.58. The average Bonchev–Trinajstić information content (AvgIpc) is 2.80. The SMILES string of the molecule is Nc1c(NCc2ccc(F)cc2)ncnc1NN(c1ccccc1)c1ccccc1. The van der Waals surface area contributed by atoms with E-state index in [1.807, 2.05) is 65.7 Å². The molecule has 4 rings (SSSR count).